The molecule has 21 heavy (non-hydrogen) atoms. The van der Waals surface area contributed by atoms with Gasteiger partial charge in [0, 0.05) is 13.1 Å². The Labute approximate surface area is 129 Å². The van der Waals surface area contributed by atoms with Crippen LogP contribution in [0.2, 0.25) is 0 Å². The molecular formula is C16H23N3OS. The van der Waals surface area contributed by atoms with Gasteiger partial charge < -0.3 is 15.4 Å². The first-order valence-corrected chi connectivity index (χ1v) is 8.09. The number of hydrogen-bond acceptors (Lipinski definition) is 5. The Morgan fingerprint density at radius 1 is 1.19 bits per heavy atom. The van der Waals surface area contributed by atoms with Gasteiger partial charge in [0.05, 0.1) is 37.8 Å². The second-order valence-corrected chi connectivity index (χ2v) is 8.32. The molecule has 2 N–H and O–H groups in total. The molecule has 0 atom stereocenters. The summed E-state index contributed by atoms with van der Waals surface area (Å²) in [6.45, 7) is 12.2. The number of nitrogens with two attached hydrogens (primary N) is 1. The number of nitrogen functional groups attached to an aromatic ring is 1. The summed E-state index contributed by atoms with van der Waals surface area (Å²) in [7, 11) is 0. The van der Waals surface area contributed by atoms with Crippen LogP contribution in [-0.4, -0.2) is 29.3 Å². The Kier molecular flexibility index (Phi) is 3.19. The van der Waals surface area contributed by atoms with Gasteiger partial charge in [-0.05, 0) is 46.8 Å². The highest BCUT2D eigenvalue weighted by Gasteiger charge is 2.38. The minimum atomic E-state index is -0.193. The van der Waals surface area contributed by atoms with Crippen LogP contribution in [0.5, 0.6) is 0 Å². The quantitative estimate of drug-likeness (QED) is 0.818. The van der Waals surface area contributed by atoms with Crippen LogP contribution in [0, 0.1) is 6.92 Å². The van der Waals surface area contributed by atoms with Gasteiger partial charge in [-0.1, -0.05) is 0 Å². The number of aryl methyl sites for hydroxylation is 1. The number of rotatable bonds is 1. The summed E-state index contributed by atoms with van der Waals surface area (Å²) in [6, 6.07) is 4.16. The minimum absolute atomic E-state index is 0.193. The second kappa shape index (κ2) is 4.58. The lowest BCUT2D eigenvalue weighted by molar-refractivity contribution is -0.133. The van der Waals surface area contributed by atoms with Crippen LogP contribution in [0.3, 0.4) is 0 Å². The zero-order valence-corrected chi connectivity index (χ0v) is 14.2. The average Bonchev–Trinajstić information content (AvgIpc) is 2.62. The van der Waals surface area contributed by atoms with Gasteiger partial charge in [-0.15, -0.1) is 11.3 Å². The summed E-state index contributed by atoms with van der Waals surface area (Å²) in [5.41, 5.74) is 8.83. The third kappa shape index (κ3) is 2.85. The van der Waals surface area contributed by atoms with E-state index in [1.165, 1.54) is 0 Å². The van der Waals surface area contributed by atoms with Crippen LogP contribution in [-0.2, 0) is 4.74 Å². The molecule has 0 aliphatic carbocycles. The largest absolute Gasteiger partial charge is 0.397 e. The van der Waals surface area contributed by atoms with Gasteiger partial charge in [0.2, 0.25) is 0 Å². The van der Waals surface area contributed by atoms with Gasteiger partial charge in [0.25, 0.3) is 0 Å². The Bertz CT molecular complexity index is 674. The lowest BCUT2D eigenvalue weighted by Gasteiger charge is -2.48. The van der Waals surface area contributed by atoms with E-state index in [4.69, 9.17) is 10.5 Å². The predicted molar refractivity (Wildman–Crippen MR) is 90.2 cm³/mol. The van der Waals surface area contributed by atoms with Gasteiger partial charge in [0.15, 0.2) is 0 Å². The van der Waals surface area contributed by atoms with E-state index < -0.39 is 0 Å². The number of morpholine rings is 1. The van der Waals surface area contributed by atoms with Crippen molar-refractivity contribution in [3.8, 4) is 0 Å². The molecule has 5 heteroatoms. The number of hydrogen-bond donors (Lipinski definition) is 1. The van der Waals surface area contributed by atoms with Gasteiger partial charge in [-0.3, -0.25) is 0 Å². The molecular weight excluding hydrogens is 282 g/mol. The van der Waals surface area contributed by atoms with E-state index >= 15 is 0 Å². The number of anilines is 2. The molecule has 1 aliphatic heterocycles. The molecule has 0 bridgehead atoms. The van der Waals surface area contributed by atoms with Crippen molar-refractivity contribution in [3.05, 3.63) is 17.1 Å². The van der Waals surface area contributed by atoms with Crippen molar-refractivity contribution in [2.45, 2.75) is 45.8 Å². The first-order chi connectivity index (χ1) is 9.65. The molecule has 1 saturated heterocycles. The van der Waals surface area contributed by atoms with Crippen molar-refractivity contribution in [2.24, 2.45) is 0 Å². The zero-order valence-electron chi connectivity index (χ0n) is 13.4. The van der Waals surface area contributed by atoms with E-state index in [0.717, 1.165) is 39.7 Å². The Morgan fingerprint density at radius 3 is 2.43 bits per heavy atom. The van der Waals surface area contributed by atoms with Gasteiger partial charge in [0.1, 0.15) is 0 Å². The van der Waals surface area contributed by atoms with Gasteiger partial charge >= 0.3 is 0 Å². The first kappa shape index (κ1) is 14.6. The molecule has 1 aromatic carbocycles. The molecule has 114 valence electrons. The number of aromatic nitrogens is 1. The first-order valence-electron chi connectivity index (χ1n) is 7.27. The fraction of sp³-hybridized carbons (Fsp3) is 0.562. The third-order valence-corrected chi connectivity index (χ3v) is 4.61. The maximum absolute atomic E-state index is 6.30. The monoisotopic (exact) mass is 305 g/mol. The summed E-state index contributed by atoms with van der Waals surface area (Å²) in [4.78, 5) is 6.91. The number of benzene rings is 1. The highest BCUT2D eigenvalue weighted by Crippen LogP contribution is 2.37. The molecule has 4 nitrogen and oxygen atoms in total. The molecule has 1 aromatic heterocycles. The summed E-state index contributed by atoms with van der Waals surface area (Å²) >= 11 is 1.69. The smallest absolute Gasteiger partial charge is 0.0907 e. The maximum Gasteiger partial charge on any atom is 0.0907 e. The predicted octanol–water partition coefficient (Wildman–Crippen LogP) is 3.58. The molecule has 0 spiro atoms. The number of fused-ring (bicyclic) bond motifs is 1. The molecule has 1 fully saturated rings. The molecule has 0 unspecified atom stereocenters. The second-order valence-electron chi connectivity index (χ2n) is 7.09. The number of ether oxygens (including phenoxy) is 1. The van der Waals surface area contributed by atoms with Crippen LogP contribution in [0.4, 0.5) is 11.4 Å². The summed E-state index contributed by atoms with van der Waals surface area (Å²) < 4.78 is 7.30. The third-order valence-electron chi connectivity index (χ3n) is 3.68. The van der Waals surface area contributed by atoms with E-state index in [2.05, 4.69) is 43.6 Å². The van der Waals surface area contributed by atoms with E-state index in [1.54, 1.807) is 11.3 Å². The molecule has 2 heterocycles. The van der Waals surface area contributed by atoms with E-state index in [-0.39, 0.29) is 11.2 Å². The Balaban J connectivity index is 2.04. The van der Waals surface area contributed by atoms with Crippen molar-refractivity contribution >= 4 is 32.9 Å². The standard InChI is InChI=1S/C16H23N3OS/c1-10-18-12-7-13(11(17)6-14(12)21-10)19-8-15(2,3)20-16(4,5)9-19/h6-7H,8-9,17H2,1-5H3. The maximum atomic E-state index is 6.30. The average molecular weight is 305 g/mol. The Morgan fingerprint density at radius 2 is 1.81 bits per heavy atom. The Hall–Kier alpha value is -1.33. The number of thiazole rings is 1. The van der Waals surface area contributed by atoms with Crippen LogP contribution in [0.1, 0.15) is 32.7 Å². The molecule has 2 aromatic rings. The molecule has 0 saturated carbocycles. The van der Waals surface area contributed by atoms with Crippen LogP contribution in [0.15, 0.2) is 12.1 Å². The van der Waals surface area contributed by atoms with Crippen LogP contribution < -0.4 is 10.6 Å². The lowest BCUT2D eigenvalue weighted by atomic mass is 9.98. The fourth-order valence-corrected chi connectivity index (χ4v) is 4.18. The van der Waals surface area contributed by atoms with Crippen LogP contribution in [0.25, 0.3) is 10.2 Å². The summed E-state index contributed by atoms with van der Waals surface area (Å²) in [5, 5.41) is 1.07. The van der Waals surface area contributed by atoms with Crippen molar-refractivity contribution in [1.82, 2.24) is 4.98 Å². The molecule has 0 radical (unpaired) electrons. The fourth-order valence-electron chi connectivity index (χ4n) is 3.33. The van der Waals surface area contributed by atoms with E-state index in [0.29, 0.717) is 0 Å². The SMILES string of the molecule is Cc1nc2cc(N3CC(C)(C)OC(C)(C)C3)c(N)cc2s1. The molecule has 3 rings (SSSR count). The lowest BCUT2D eigenvalue weighted by Crippen LogP contribution is -2.57. The highest BCUT2D eigenvalue weighted by molar-refractivity contribution is 7.18. The van der Waals surface area contributed by atoms with Crippen molar-refractivity contribution in [2.75, 3.05) is 23.7 Å². The topological polar surface area (TPSA) is 51.4 Å². The van der Waals surface area contributed by atoms with Crippen LogP contribution >= 0.6 is 11.3 Å². The number of nitrogens with zero attached hydrogens (tertiary/aromatic N) is 2. The van der Waals surface area contributed by atoms with Crippen molar-refractivity contribution in [1.29, 1.82) is 0 Å². The zero-order chi connectivity index (χ0) is 15.4. The van der Waals surface area contributed by atoms with Crippen molar-refractivity contribution in [3.63, 3.8) is 0 Å². The molecule has 0 amide bonds. The highest BCUT2D eigenvalue weighted by atomic mass is 32.1. The minimum Gasteiger partial charge on any atom is -0.397 e. The van der Waals surface area contributed by atoms with Gasteiger partial charge in [-0.25, -0.2) is 4.98 Å². The normalized spacial score (nSPS) is 20.9. The van der Waals surface area contributed by atoms with Gasteiger partial charge in [-0.2, -0.15) is 0 Å². The summed E-state index contributed by atoms with van der Waals surface area (Å²) in [5.74, 6) is 0. The molecule has 1 aliphatic rings. The van der Waals surface area contributed by atoms with E-state index in [1.807, 2.05) is 13.0 Å². The van der Waals surface area contributed by atoms with E-state index in [9.17, 15) is 0 Å². The summed E-state index contributed by atoms with van der Waals surface area (Å²) in [6.07, 6.45) is 0. The van der Waals surface area contributed by atoms with Crippen molar-refractivity contribution < 1.29 is 4.74 Å².